The smallest absolute Gasteiger partial charge is 0.264 e. The van der Waals surface area contributed by atoms with E-state index < -0.39 is 10.0 Å². The molecule has 1 saturated heterocycles. The lowest BCUT2D eigenvalue weighted by atomic mass is 9.95. The summed E-state index contributed by atoms with van der Waals surface area (Å²) in [4.78, 5) is 27.3. The average Bonchev–Trinajstić information content (AvgIpc) is 3.30. The van der Waals surface area contributed by atoms with E-state index in [4.69, 9.17) is 0 Å². The van der Waals surface area contributed by atoms with Gasteiger partial charge in [0.05, 0.1) is 16.0 Å². The Bertz CT molecular complexity index is 1490. The van der Waals surface area contributed by atoms with E-state index in [2.05, 4.69) is 25.2 Å². The van der Waals surface area contributed by atoms with Crippen LogP contribution in [0.15, 0.2) is 72.0 Å². The van der Waals surface area contributed by atoms with Gasteiger partial charge in [-0.3, -0.25) is 9.10 Å². The van der Waals surface area contributed by atoms with Gasteiger partial charge in [-0.15, -0.1) is 0 Å². The number of hydrogen-bond acceptors (Lipinski definition) is 6. The molecule has 2 N–H and O–H groups in total. The van der Waals surface area contributed by atoms with Crippen LogP contribution in [0, 0.1) is 12.8 Å². The lowest BCUT2D eigenvalue weighted by Gasteiger charge is -2.32. The number of H-pyrrole nitrogens is 1. The van der Waals surface area contributed by atoms with Gasteiger partial charge in [0.25, 0.3) is 10.0 Å². The minimum Gasteiger partial charge on any atom is -0.356 e. The molecule has 9 nitrogen and oxygen atoms in total. The Hall–Kier alpha value is -3.92. The van der Waals surface area contributed by atoms with E-state index in [1.54, 1.807) is 42.7 Å². The summed E-state index contributed by atoms with van der Waals surface area (Å²) in [6.07, 6.45) is 4.84. The number of para-hydroxylation sites is 1. The summed E-state index contributed by atoms with van der Waals surface area (Å²) in [5.74, 6) is 0.613. The zero-order chi connectivity index (χ0) is 25.3. The van der Waals surface area contributed by atoms with Crippen LogP contribution in [-0.2, 0) is 14.8 Å². The minimum absolute atomic E-state index is 0.105. The van der Waals surface area contributed by atoms with Crippen molar-refractivity contribution in [3.05, 3.63) is 72.7 Å². The highest BCUT2D eigenvalue weighted by atomic mass is 32.2. The first-order chi connectivity index (χ1) is 17.3. The van der Waals surface area contributed by atoms with E-state index in [9.17, 15) is 13.2 Å². The quantitative estimate of drug-likeness (QED) is 0.411. The number of benzene rings is 2. The molecule has 1 fully saturated rings. The van der Waals surface area contributed by atoms with Crippen LogP contribution in [0.1, 0.15) is 18.4 Å². The van der Waals surface area contributed by atoms with Crippen LogP contribution in [0.2, 0.25) is 0 Å². The van der Waals surface area contributed by atoms with Gasteiger partial charge in [0.2, 0.25) is 5.91 Å². The Morgan fingerprint density at radius 3 is 2.58 bits per heavy atom. The number of nitrogens with one attached hydrogen (secondary N) is 2. The summed E-state index contributed by atoms with van der Waals surface area (Å²) in [7, 11) is -2.25. The first kappa shape index (κ1) is 23.8. The number of aromatic nitrogens is 3. The van der Waals surface area contributed by atoms with E-state index >= 15 is 0 Å². The first-order valence-corrected chi connectivity index (χ1v) is 13.3. The molecule has 0 atom stereocenters. The van der Waals surface area contributed by atoms with E-state index in [1.165, 1.54) is 23.5 Å². The molecule has 2 aromatic heterocycles. The molecule has 0 bridgehead atoms. The number of amides is 1. The molecule has 36 heavy (non-hydrogen) atoms. The third-order valence-corrected chi connectivity index (χ3v) is 8.47. The lowest BCUT2D eigenvalue weighted by Crippen LogP contribution is -2.38. The van der Waals surface area contributed by atoms with E-state index in [-0.39, 0.29) is 16.7 Å². The van der Waals surface area contributed by atoms with Crippen molar-refractivity contribution in [1.29, 1.82) is 0 Å². The molecule has 5 rings (SSSR count). The van der Waals surface area contributed by atoms with Gasteiger partial charge in [0.1, 0.15) is 17.8 Å². The maximum absolute atomic E-state index is 13.1. The maximum Gasteiger partial charge on any atom is 0.264 e. The average molecular weight is 505 g/mol. The molecular weight excluding hydrogens is 476 g/mol. The number of piperidine rings is 1. The Kier molecular flexibility index (Phi) is 6.36. The number of sulfonamides is 1. The molecule has 0 saturated carbocycles. The lowest BCUT2D eigenvalue weighted by molar-refractivity contribution is -0.120. The summed E-state index contributed by atoms with van der Waals surface area (Å²) in [6.45, 7) is 3.42. The molecule has 0 spiro atoms. The predicted octanol–water partition coefficient (Wildman–Crippen LogP) is 3.95. The zero-order valence-corrected chi connectivity index (χ0v) is 21.0. The summed E-state index contributed by atoms with van der Waals surface area (Å²) in [6, 6.07) is 15.3. The second-order valence-corrected chi connectivity index (χ2v) is 10.9. The number of carbonyl (C=O) groups is 1. The topological polar surface area (TPSA) is 111 Å². The van der Waals surface area contributed by atoms with Crippen molar-refractivity contribution < 1.29 is 13.2 Å². The summed E-state index contributed by atoms with van der Waals surface area (Å²) < 4.78 is 27.5. The number of aromatic amines is 1. The molecule has 1 aliphatic rings. The van der Waals surface area contributed by atoms with Crippen LogP contribution >= 0.6 is 0 Å². The van der Waals surface area contributed by atoms with Gasteiger partial charge in [-0.2, -0.15) is 0 Å². The molecule has 1 amide bonds. The maximum atomic E-state index is 13.1. The minimum atomic E-state index is -3.77. The van der Waals surface area contributed by atoms with Crippen LogP contribution in [0.4, 0.5) is 17.2 Å². The van der Waals surface area contributed by atoms with Gasteiger partial charge in [-0.25, -0.2) is 18.4 Å². The van der Waals surface area contributed by atoms with E-state index in [0.717, 1.165) is 22.4 Å². The number of nitrogens with zero attached hydrogens (tertiary/aromatic N) is 4. The van der Waals surface area contributed by atoms with Crippen molar-refractivity contribution in [2.45, 2.75) is 24.7 Å². The van der Waals surface area contributed by atoms with Crippen LogP contribution in [0.25, 0.3) is 11.0 Å². The fourth-order valence-electron chi connectivity index (χ4n) is 4.60. The van der Waals surface area contributed by atoms with Crippen molar-refractivity contribution in [3.8, 4) is 0 Å². The molecule has 0 unspecified atom stereocenters. The monoisotopic (exact) mass is 504 g/mol. The van der Waals surface area contributed by atoms with E-state index in [0.29, 0.717) is 37.3 Å². The molecule has 1 aliphatic heterocycles. The number of aryl methyl sites for hydroxylation is 1. The highest BCUT2D eigenvalue weighted by Crippen LogP contribution is 2.30. The standard InChI is InChI=1S/C26H28N6O3S/c1-18-16-27-24-23(18)25(29-17-28-24)32-13-11-19(12-14-32)26(33)30-20-7-6-10-22(15-20)36(34,35)31(2)21-8-4-3-5-9-21/h3-10,15-17,19H,11-14H2,1-2H3,(H,30,33)(H,27,28,29). The van der Waals surface area contributed by atoms with Crippen LogP contribution < -0.4 is 14.5 Å². The molecule has 0 radical (unpaired) electrons. The van der Waals surface area contributed by atoms with Gasteiger partial charge in [-0.1, -0.05) is 24.3 Å². The fraction of sp³-hybridized carbons (Fsp3) is 0.269. The van der Waals surface area contributed by atoms with Gasteiger partial charge < -0.3 is 15.2 Å². The molecule has 0 aliphatic carbocycles. The van der Waals surface area contributed by atoms with Crippen molar-refractivity contribution in [2.75, 3.05) is 34.7 Å². The molecule has 2 aromatic carbocycles. The van der Waals surface area contributed by atoms with Crippen LogP contribution in [-0.4, -0.2) is 49.4 Å². The Morgan fingerprint density at radius 1 is 1.08 bits per heavy atom. The number of rotatable bonds is 6. The highest BCUT2D eigenvalue weighted by molar-refractivity contribution is 7.92. The Labute approximate surface area is 210 Å². The predicted molar refractivity (Wildman–Crippen MR) is 141 cm³/mol. The second-order valence-electron chi connectivity index (χ2n) is 8.98. The first-order valence-electron chi connectivity index (χ1n) is 11.8. The fourth-order valence-corrected chi connectivity index (χ4v) is 5.85. The molecule has 10 heteroatoms. The van der Waals surface area contributed by atoms with Gasteiger partial charge in [0, 0.05) is 37.9 Å². The third kappa shape index (κ3) is 4.51. The molecule has 4 aromatic rings. The molecular formula is C26H28N6O3S. The largest absolute Gasteiger partial charge is 0.356 e. The van der Waals surface area contributed by atoms with Crippen LogP contribution in [0.3, 0.4) is 0 Å². The van der Waals surface area contributed by atoms with Gasteiger partial charge >= 0.3 is 0 Å². The van der Waals surface area contributed by atoms with Crippen molar-refractivity contribution in [3.63, 3.8) is 0 Å². The zero-order valence-electron chi connectivity index (χ0n) is 20.2. The molecule has 3 heterocycles. The normalized spacial score (nSPS) is 14.7. The van der Waals surface area contributed by atoms with Crippen molar-refractivity contribution >= 4 is 44.2 Å². The SMILES string of the molecule is Cc1c[nH]c2ncnc(N3CCC(C(=O)Nc4cccc(S(=O)(=O)N(C)c5ccccc5)c4)CC3)c12. The summed E-state index contributed by atoms with van der Waals surface area (Å²) in [5.41, 5.74) is 2.93. The second kappa shape index (κ2) is 9.62. The number of fused-ring (bicyclic) bond motifs is 1. The van der Waals surface area contributed by atoms with Gasteiger partial charge in [-0.05, 0) is 55.7 Å². The summed E-state index contributed by atoms with van der Waals surface area (Å²) >= 11 is 0. The van der Waals surface area contributed by atoms with Gasteiger partial charge in [0.15, 0.2) is 0 Å². The highest BCUT2D eigenvalue weighted by Gasteiger charge is 2.28. The third-order valence-electron chi connectivity index (χ3n) is 6.69. The summed E-state index contributed by atoms with van der Waals surface area (Å²) in [5, 5.41) is 3.93. The number of anilines is 3. The van der Waals surface area contributed by atoms with E-state index in [1.807, 2.05) is 19.2 Å². The van der Waals surface area contributed by atoms with Crippen LogP contribution in [0.5, 0.6) is 0 Å². The van der Waals surface area contributed by atoms with Crippen molar-refractivity contribution in [2.24, 2.45) is 5.92 Å². The molecule has 186 valence electrons. The number of carbonyl (C=O) groups excluding carboxylic acids is 1. The van der Waals surface area contributed by atoms with Crippen molar-refractivity contribution in [1.82, 2.24) is 15.0 Å². The Morgan fingerprint density at radius 2 is 1.83 bits per heavy atom. The Balaban J connectivity index is 1.25. The number of hydrogen-bond donors (Lipinski definition) is 2.